The lowest BCUT2D eigenvalue weighted by Gasteiger charge is -2.21. The van der Waals surface area contributed by atoms with Crippen LogP contribution < -0.4 is 4.90 Å². The molecule has 6 heteroatoms. The molecule has 0 aliphatic heterocycles. The number of aliphatic hydroxyl groups is 1. The van der Waals surface area contributed by atoms with Crippen LogP contribution in [0.4, 0.5) is 10.6 Å². The highest BCUT2D eigenvalue weighted by atomic mass is 79.9. The molecule has 1 amide bonds. The molecular weight excluding hydrogens is 324 g/mol. The van der Waals surface area contributed by atoms with Crippen molar-refractivity contribution < 1.29 is 15.0 Å². The second kappa shape index (κ2) is 6.49. The molecule has 1 atom stereocenters. The monoisotopic (exact) mass is 336 g/mol. The Balaban J connectivity index is 2.20. The maximum Gasteiger partial charge on any atom is 0.413 e. The molecule has 0 radical (unpaired) electrons. The molecule has 1 aromatic heterocycles. The third-order valence-corrected chi connectivity index (χ3v) is 3.19. The van der Waals surface area contributed by atoms with Gasteiger partial charge in [-0.15, -0.1) is 0 Å². The van der Waals surface area contributed by atoms with Gasteiger partial charge in [-0.3, -0.25) is 4.90 Å². The van der Waals surface area contributed by atoms with Crippen molar-refractivity contribution in [3.8, 4) is 0 Å². The number of aromatic nitrogens is 1. The van der Waals surface area contributed by atoms with Crippen molar-refractivity contribution in [2.24, 2.45) is 0 Å². The van der Waals surface area contributed by atoms with E-state index in [0.717, 1.165) is 4.90 Å². The Morgan fingerprint density at radius 1 is 1.20 bits per heavy atom. The van der Waals surface area contributed by atoms with Crippen LogP contribution in [0.1, 0.15) is 11.7 Å². The van der Waals surface area contributed by atoms with Crippen molar-refractivity contribution in [2.75, 3.05) is 11.4 Å². The van der Waals surface area contributed by atoms with Gasteiger partial charge < -0.3 is 10.2 Å². The molecule has 2 rings (SSSR count). The van der Waals surface area contributed by atoms with Crippen LogP contribution in [-0.4, -0.2) is 27.8 Å². The summed E-state index contributed by atoms with van der Waals surface area (Å²) in [5.41, 5.74) is 0.661. The molecule has 0 saturated heterocycles. The van der Waals surface area contributed by atoms with Crippen LogP contribution in [-0.2, 0) is 0 Å². The number of hydrogen-bond donors (Lipinski definition) is 2. The Kier molecular flexibility index (Phi) is 4.70. The molecule has 2 aromatic rings. The number of benzene rings is 1. The average molecular weight is 337 g/mol. The van der Waals surface area contributed by atoms with E-state index in [9.17, 15) is 15.0 Å². The van der Waals surface area contributed by atoms with Crippen LogP contribution >= 0.6 is 15.9 Å². The molecule has 104 valence electrons. The summed E-state index contributed by atoms with van der Waals surface area (Å²) in [6.07, 6.45) is -2.07. The first kappa shape index (κ1) is 14.5. The summed E-state index contributed by atoms with van der Waals surface area (Å²) in [7, 11) is 0. The summed E-state index contributed by atoms with van der Waals surface area (Å²) in [6, 6.07) is 13.9. The number of rotatable bonds is 4. The Morgan fingerprint density at radius 2 is 1.90 bits per heavy atom. The highest BCUT2D eigenvalue weighted by molar-refractivity contribution is 9.10. The zero-order chi connectivity index (χ0) is 14.5. The van der Waals surface area contributed by atoms with E-state index in [-0.39, 0.29) is 12.4 Å². The van der Waals surface area contributed by atoms with Crippen molar-refractivity contribution in [1.82, 2.24) is 4.98 Å². The predicted octanol–water partition coefficient (Wildman–Crippen LogP) is 3.06. The first-order chi connectivity index (χ1) is 9.58. The number of hydrogen-bond acceptors (Lipinski definition) is 3. The fourth-order valence-electron chi connectivity index (χ4n) is 1.77. The molecule has 20 heavy (non-hydrogen) atoms. The largest absolute Gasteiger partial charge is 0.465 e. The number of carbonyl (C=O) groups is 1. The van der Waals surface area contributed by atoms with Gasteiger partial charge in [-0.25, -0.2) is 9.78 Å². The van der Waals surface area contributed by atoms with Gasteiger partial charge in [0.1, 0.15) is 10.4 Å². The van der Waals surface area contributed by atoms with E-state index in [1.165, 1.54) is 0 Å². The van der Waals surface area contributed by atoms with Gasteiger partial charge in [-0.2, -0.15) is 0 Å². The van der Waals surface area contributed by atoms with Gasteiger partial charge in [0, 0.05) is 0 Å². The number of amides is 1. The minimum atomic E-state index is -1.16. The summed E-state index contributed by atoms with van der Waals surface area (Å²) < 4.78 is 0.537. The second-order valence-electron chi connectivity index (χ2n) is 4.14. The van der Waals surface area contributed by atoms with Crippen molar-refractivity contribution in [2.45, 2.75) is 6.10 Å². The molecule has 0 unspecified atom stereocenters. The molecule has 1 heterocycles. The first-order valence-corrected chi connectivity index (χ1v) is 6.73. The number of anilines is 1. The van der Waals surface area contributed by atoms with Crippen LogP contribution in [0.5, 0.6) is 0 Å². The Bertz CT molecular complexity index is 592. The van der Waals surface area contributed by atoms with Crippen molar-refractivity contribution in [1.29, 1.82) is 0 Å². The third kappa shape index (κ3) is 3.55. The zero-order valence-electron chi connectivity index (χ0n) is 10.5. The minimum Gasteiger partial charge on any atom is -0.465 e. The normalized spacial score (nSPS) is 11.9. The molecule has 5 nitrogen and oxygen atoms in total. The minimum absolute atomic E-state index is 0.0806. The van der Waals surface area contributed by atoms with Crippen LogP contribution in [0.2, 0.25) is 0 Å². The Labute approximate surface area is 124 Å². The van der Waals surface area contributed by atoms with E-state index in [1.807, 2.05) is 6.07 Å². The van der Waals surface area contributed by atoms with Gasteiger partial charge in [0.15, 0.2) is 0 Å². The quantitative estimate of drug-likeness (QED) is 0.841. The van der Waals surface area contributed by atoms with Crippen LogP contribution in [0, 0.1) is 0 Å². The van der Waals surface area contributed by atoms with E-state index < -0.39 is 12.2 Å². The van der Waals surface area contributed by atoms with Crippen LogP contribution in [0.15, 0.2) is 53.1 Å². The summed E-state index contributed by atoms with van der Waals surface area (Å²) in [4.78, 5) is 16.4. The number of pyridine rings is 1. The van der Waals surface area contributed by atoms with E-state index >= 15 is 0 Å². The third-order valence-electron chi connectivity index (χ3n) is 2.75. The molecule has 0 spiro atoms. The maximum absolute atomic E-state index is 11.3. The van der Waals surface area contributed by atoms with Crippen molar-refractivity contribution >= 4 is 27.8 Å². The molecule has 0 saturated carbocycles. The Hall–Kier alpha value is -1.92. The smallest absolute Gasteiger partial charge is 0.413 e. The highest BCUT2D eigenvalue weighted by Crippen LogP contribution is 2.20. The number of carboxylic acid groups (broad SMARTS) is 1. The van der Waals surface area contributed by atoms with E-state index in [2.05, 4.69) is 20.9 Å². The standard InChI is InChI=1S/C14H13BrN2O3/c15-12-7-4-8-13(16-12)17(14(19)20)9-11(18)10-5-2-1-3-6-10/h1-8,11,18H,9H2,(H,19,20)/t11-/m0/s1. The first-order valence-electron chi connectivity index (χ1n) is 5.94. The number of aliphatic hydroxyl groups excluding tert-OH is 1. The lowest BCUT2D eigenvalue weighted by atomic mass is 10.1. The lowest BCUT2D eigenvalue weighted by molar-refractivity contribution is 0.170. The van der Waals surface area contributed by atoms with Gasteiger partial charge in [0.2, 0.25) is 0 Å². The van der Waals surface area contributed by atoms with Crippen molar-refractivity contribution in [3.05, 3.63) is 58.7 Å². The fourth-order valence-corrected chi connectivity index (χ4v) is 2.11. The Morgan fingerprint density at radius 3 is 2.50 bits per heavy atom. The predicted molar refractivity (Wildman–Crippen MR) is 78.7 cm³/mol. The van der Waals surface area contributed by atoms with Gasteiger partial charge in [0.25, 0.3) is 0 Å². The van der Waals surface area contributed by atoms with E-state index in [1.54, 1.807) is 42.5 Å². The summed E-state index contributed by atoms with van der Waals surface area (Å²) in [5, 5.41) is 19.4. The second-order valence-corrected chi connectivity index (χ2v) is 4.95. The fraction of sp³-hybridized carbons (Fsp3) is 0.143. The molecule has 0 fully saturated rings. The molecule has 0 aliphatic rings. The van der Waals surface area contributed by atoms with E-state index in [4.69, 9.17) is 0 Å². The number of nitrogens with zero attached hydrogens (tertiary/aromatic N) is 2. The van der Waals surface area contributed by atoms with Gasteiger partial charge >= 0.3 is 6.09 Å². The molecular formula is C14H13BrN2O3. The van der Waals surface area contributed by atoms with Gasteiger partial charge in [-0.05, 0) is 33.6 Å². The van der Waals surface area contributed by atoms with Crippen molar-refractivity contribution in [3.63, 3.8) is 0 Å². The summed E-state index contributed by atoms with van der Waals surface area (Å²) in [6.45, 7) is -0.0806. The highest BCUT2D eigenvalue weighted by Gasteiger charge is 2.20. The lowest BCUT2D eigenvalue weighted by Crippen LogP contribution is -2.34. The molecule has 0 aliphatic carbocycles. The summed E-state index contributed by atoms with van der Waals surface area (Å²) in [5.74, 6) is 0.266. The van der Waals surface area contributed by atoms with Gasteiger partial charge in [0.05, 0.1) is 12.6 Å². The van der Waals surface area contributed by atoms with E-state index in [0.29, 0.717) is 10.2 Å². The number of halogens is 1. The summed E-state index contributed by atoms with van der Waals surface area (Å²) >= 11 is 3.20. The van der Waals surface area contributed by atoms with Gasteiger partial charge in [-0.1, -0.05) is 36.4 Å². The average Bonchev–Trinajstić information content (AvgIpc) is 2.45. The zero-order valence-corrected chi connectivity index (χ0v) is 12.1. The van der Waals surface area contributed by atoms with Crippen LogP contribution in [0.3, 0.4) is 0 Å². The molecule has 1 aromatic carbocycles. The molecule has 2 N–H and O–H groups in total. The molecule has 0 bridgehead atoms. The maximum atomic E-state index is 11.3. The topological polar surface area (TPSA) is 73.7 Å². The SMILES string of the molecule is O=C(O)N(C[C@H](O)c1ccccc1)c1cccc(Br)n1. The van der Waals surface area contributed by atoms with Crippen LogP contribution in [0.25, 0.3) is 0 Å².